The van der Waals surface area contributed by atoms with E-state index in [9.17, 15) is 4.79 Å². The van der Waals surface area contributed by atoms with E-state index >= 15 is 0 Å². The maximum atomic E-state index is 12.2. The fourth-order valence-electron chi connectivity index (χ4n) is 1.85. The van der Waals surface area contributed by atoms with Crippen LogP contribution in [-0.4, -0.2) is 22.8 Å². The molecule has 0 aliphatic heterocycles. The number of nitrogens with two attached hydrogens (primary N) is 1. The van der Waals surface area contributed by atoms with Crippen molar-refractivity contribution in [3.05, 3.63) is 66.0 Å². The molecule has 0 spiro atoms. The zero-order valence-electron chi connectivity index (χ0n) is 10.9. The molecule has 2 N–H and O–H groups in total. The minimum absolute atomic E-state index is 0.114. The van der Waals surface area contributed by atoms with E-state index in [2.05, 4.69) is 4.98 Å². The van der Waals surface area contributed by atoms with Crippen molar-refractivity contribution in [2.24, 2.45) is 5.73 Å². The number of carbonyl (C=O) groups is 1. The van der Waals surface area contributed by atoms with Gasteiger partial charge in [-0.15, -0.1) is 0 Å². The fourth-order valence-corrected chi connectivity index (χ4v) is 1.85. The summed E-state index contributed by atoms with van der Waals surface area (Å²) in [6.45, 7) is 0.459. The minimum atomic E-state index is -0.630. The lowest BCUT2D eigenvalue weighted by atomic mass is 10.1. The Labute approximate surface area is 112 Å². The molecule has 1 aromatic carbocycles. The van der Waals surface area contributed by atoms with Gasteiger partial charge in [0.1, 0.15) is 6.04 Å². The van der Waals surface area contributed by atoms with Crippen LogP contribution in [0.25, 0.3) is 0 Å². The molecule has 2 rings (SSSR count). The van der Waals surface area contributed by atoms with Crippen molar-refractivity contribution in [1.82, 2.24) is 9.88 Å². The van der Waals surface area contributed by atoms with E-state index in [1.54, 1.807) is 18.1 Å². The van der Waals surface area contributed by atoms with Crippen LogP contribution in [-0.2, 0) is 11.3 Å². The van der Waals surface area contributed by atoms with Gasteiger partial charge in [-0.05, 0) is 17.7 Å². The standard InChI is InChI=1S/C15H17N3O/c1-18(11-13-9-5-6-10-17-13)15(19)14(16)12-7-3-2-4-8-12/h2-10,14H,11,16H2,1H3. The monoisotopic (exact) mass is 255 g/mol. The molecule has 19 heavy (non-hydrogen) atoms. The number of amides is 1. The Balaban J connectivity index is 2.03. The average Bonchev–Trinajstić information content (AvgIpc) is 2.47. The van der Waals surface area contributed by atoms with E-state index in [1.165, 1.54) is 0 Å². The van der Waals surface area contributed by atoms with Crippen LogP contribution in [0.3, 0.4) is 0 Å². The summed E-state index contributed by atoms with van der Waals surface area (Å²) in [6, 6.07) is 14.4. The maximum absolute atomic E-state index is 12.2. The van der Waals surface area contributed by atoms with E-state index in [0.29, 0.717) is 6.54 Å². The Kier molecular flexibility index (Phi) is 4.26. The molecule has 1 atom stereocenters. The van der Waals surface area contributed by atoms with Crippen molar-refractivity contribution < 1.29 is 4.79 Å². The lowest BCUT2D eigenvalue weighted by Gasteiger charge is -2.21. The summed E-state index contributed by atoms with van der Waals surface area (Å²) in [5.41, 5.74) is 7.65. The van der Waals surface area contributed by atoms with Crippen LogP contribution in [0.15, 0.2) is 54.7 Å². The second kappa shape index (κ2) is 6.11. The van der Waals surface area contributed by atoms with Crippen molar-refractivity contribution in [3.63, 3.8) is 0 Å². The molecule has 0 aliphatic carbocycles. The van der Waals surface area contributed by atoms with Crippen LogP contribution < -0.4 is 5.73 Å². The van der Waals surface area contributed by atoms with Crippen LogP contribution >= 0.6 is 0 Å². The second-order valence-electron chi connectivity index (χ2n) is 4.40. The third-order valence-corrected chi connectivity index (χ3v) is 2.93. The van der Waals surface area contributed by atoms with Crippen molar-refractivity contribution in [2.75, 3.05) is 7.05 Å². The highest BCUT2D eigenvalue weighted by Gasteiger charge is 2.19. The molecule has 1 heterocycles. The molecular formula is C15H17N3O. The van der Waals surface area contributed by atoms with E-state index in [1.807, 2.05) is 48.5 Å². The van der Waals surface area contributed by atoms with Crippen LogP contribution in [0.2, 0.25) is 0 Å². The normalized spacial score (nSPS) is 11.9. The Morgan fingerprint density at radius 1 is 1.21 bits per heavy atom. The molecule has 0 fully saturated rings. The molecule has 98 valence electrons. The molecule has 1 unspecified atom stereocenters. The van der Waals surface area contributed by atoms with Gasteiger partial charge in [0.05, 0.1) is 12.2 Å². The lowest BCUT2D eigenvalue weighted by Crippen LogP contribution is -2.35. The van der Waals surface area contributed by atoms with Gasteiger partial charge in [-0.25, -0.2) is 0 Å². The maximum Gasteiger partial charge on any atom is 0.244 e. The van der Waals surface area contributed by atoms with E-state index in [0.717, 1.165) is 11.3 Å². The first-order chi connectivity index (χ1) is 9.18. The van der Waals surface area contributed by atoms with Gasteiger partial charge < -0.3 is 10.6 Å². The number of benzene rings is 1. The van der Waals surface area contributed by atoms with Gasteiger partial charge in [0.15, 0.2) is 0 Å². The van der Waals surface area contributed by atoms with Crippen LogP contribution in [0.4, 0.5) is 0 Å². The molecule has 0 radical (unpaired) electrons. The summed E-state index contributed by atoms with van der Waals surface area (Å²) < 4.78 is 0. The molecule has 0 saturated carbocycles. The van der Waals surface area contributed by atoms with Gasteiger partial charge in [-0.3, -0.25) is 9.78 Å². The summed E-state index contributed by atoms with van der Waals surface area (Å²) in [5, 5.41) is 0. The predicted octanol–water partition coefficient (Wildman–Crippen LogP) is 1.74. The first-order valence-electron chi connectivity index (χ1n) is 6.14. The SMILES string of the molecule is CN(Cc1ccccn1)C(=O)C(N)c1ccccc1. The van der Waals surface area contributed by atoms with Crippen molar-refractivity contribution in [3.8, 4) is 0 Å². The Hall–Kier alpha value is -2.20. The number of hydrogen-bond donors (Lipinski definition) is 1. The van der Waals surface area contributed by atoms with Crippen LogP contribution in [0.1, 0.15) is 17.3 Å². The third-order valence-electron chi connectivity index (χ3n) is 2.93. The third kappa shape index (κ3) is 3.39. The summed E-state index contributed by atoms with van der Waals surface area (Å²) in [7, 11) is 1.74. The summed E-state index contributed by atoms with van der Waals surface area (Å²) in [6.07, 6.45) is 1.71. The zero-order chi connectivity index (χ0) is 13.7. The Morgan fingerprint density at radius 3 is 2.53 bits per heavy atom. The highest BCUT2D eigenvalue weighted by atomic mass is 16.2. The predicted molar refractivity (Wildman–Crippen MR) is 74.1 cm³/mol. The van der Waals surface area contributed by atoms with Gasteiger partial charge in [-0.2, -0.15) is 0 Å². The smallest absolute Gasteiger partial charge is 0.244 e. The van der Waals surface area contributed by atoms with Crippen LogP contribution in [0, 0.1) is 0 Å². The Morgan fingerprint density at radius 2 is 1.89 bits per heavy atom. The number of nitrogens with zero attached hydrogens (tertiary/aromatic N) is 2. The van der Waals surface area contributed by atoms with Gasteiger partial charge in [0.25, 0.3) is 0 Å². The number of rotatable bonds is 4. The topological polar surface area (TPSA) is 59.2 Å². The molecule has 1 aromatic heterocycles. The highest BCUT2D eigenvalue weighted by Crippen LogP contribution is 2.13. The number of aromatic nitrogens is 1. The molecule has 4 nitrogen and oxygen atoms in total. The lowest BCUT2D eigenvalue weighted by molar-refractivity contribution is -0.132. The molecule has 0 bridgehead atoms. The zero-order valence-corrected chi connectivity index (χ0v) is 10.9. The minimum Gasteiger partial charge on any atom is -0.338 e. The quantitative estimate of drug-likeness (QED) is 0.905. The Bertz CT molecular complexity index is 528. The van der Waals surface area contributed by atoms with Crippen LogP contribution in [0.5, 0.6) is 0 Å². The van der Waals surface area contributed by atoms with Gasteiger partial charge in [0, 0.05) is 13.2 Å². The van der Waals surface area contributed by atoms with Gasteiger partial charge >= 0.3 is 0 Å². The highest BCUT2D eigenvalue weighted by molar-refractivity contribution is 5.82. The molecule has 0 saturated heterocycles. The van der Waals surface area contributed by atoms with Gasteiger partial charge in [0.2, 0.25) is 5.91 Å². The van der Waals surface area contributed by atoms with Crippen molar-refractivity contribution >= 4 is 5.91 Å². The molecule has 4 heteroatoms. The molecule has 0 aliphatic rings. The first-order valence-corrected chi connectivity index (χ1v) is 6.14. The number of likely N-dealkylation sites (N-methyl/N-ethyl adjacent to an activating group) is 1. The van der Waals surface area contributed by atoms with E-state index < -0.39 is 6.04 Å². The first kappa shape index (κ1) is 13.2. The molecule has 2 aromatic rings. The van der Waals surface area contributed by atoms with Crippen molar-refractivity contribution in [1.29, 1.82) is 0 Å². The number of hydrogen-bond acceptors (Lipinski definition) is 3. The molecule has 1 amide bonds. The summed E-state index contributed by atoms with van der Waals surface area (Å²) in [4.78, 5) is 18.0. The fraction of sp³-hybridized carbons (Fsp3) is 0.200. The molecular weight excluding hydrogens is 238 g/mol. The van der Waals surface area contributed by atoms with E-state index in [4.69, 9.17) is 5.73 Å². The summed E-state index contributed by atoms with van der Waals surface area (Å²) in [5.74, 6) is -0.114. The summed E-state index contributed by atoms with van der Waals surface area (Å²) >= 11 is 0. The largest absolute Gasteiger partial charge is 0.338 e. The van der Waals surface area contributed by atoms with Gasteiger partial charge in [-0.1, -0.05) is 36.4 Å². The average molecular weight is 255 g/mol. The number of carbonyl (C=O) groups excluding carboxylic acids is 1. The second-order valence-corrected chi connectivity index (χ2v) is 4.40. The van der Waals surface area contributed by atoms with E-state index in [-0.39, 0.29) is 5.91 Å². The number of pyridine rings is 1. The van der Waals surface area contributed by atoms with Crippen molar-refractivity contribution in [2.45, 2.75) is 12.6 Å².